The van der Waals surface area contributed by atoms with Gasteiger partial charge in [0.05, 0.1) is 0 Å². The number of amides is 2. The van der Waals surface area contributed by atoms with Gasteiger partial charge in [-0.05, 0) is 42.5 Å². The van der Waals surface area contributed by atoms with E-state index in [1.807, 2.05) is 47.4 Å². The van der Waals surface area contributed by atoms with Gasteiger partial charge in [0.2, 0.25) is 5.91 Å². The van der Waals surface area contributed by atoms with Gasteiger partial charge in [0.25, 0.3) is 5.91 Å². The first-order chi connectivity index (χ1) is 11.8. The Morgan fingerprint density at radius 2 is 1.88 bits per heavy atom. The third kappa shape index (κ3) is 3.94. The number of nitrogens with one attached hydrogen (secondary N) is 1. The molecule has 24 heavy (non-hydrogen) atoms. The van der Waals surface area contributed by atoms with Crippen LogP contribution in [-0.2, 0) is 4.79 Å². The zero-order valence-electron chi connectivity index (χ0n) is 14.0. The van der Waals surface area contributed by atoms with E-state index < -0.39 is 0 Å². The second kappa shape index (κ2) is 7.95. The minimum atomic E-state index is -0.0270. The predicted molar refractivity (Wildman–Crippen MR) is 95.9 cm³/mol. The zero-order chi connectivity index (χ0) is 16.8. The molecule has 0 atom stereocenters. The molecule has 2 aromatic carbocycles. The number of fused-ring (bicyclic) bond motifs is 1. The van der Waals surface area contributed by atoms with Crippen LogP contribution in [0.4, 0.5) is 0 Å². The number of unbranched alkanes of at least 4 members (excludes halogenated alkanes) is 1. The summed E-state index contributed by atoms with van der Waals surface area (Å²) in [5.74, 6) is 0.252. The highest BCUT2D eigenvalue weighted by molar-refractivity contribution is 6.06. The summed E-state index contributed by atoms with van der Waals surface area (Å²) in [5, 5.41) is 5.06. The SMILES string of the molecule is O=C(NCCCCN1CCCCC1=O)c1cccc2ccccc12. The first-order valence-corrected chi connectivity index (χ1v) is 8.79. The van der Waals surface area contributed by atoms with E-state index in [2.05, 4.69) is 5.32 Å². The van der Waals surface area contributed by atoms with Crippen LogP contribution in [0.15, 0.2) is 42.5 Å². The van der Waals surface area contributed by atoms with Crippen molar-refractivity contribution in [1.82, 2.24) is 10.2 Å². The lowest BCUT2D eigenvalue weighted by atomic mass is 10.0. The van der Waals surface area contributed by atoms with E-state index >= 15 is 0 Å². The van der Waals surface area contributed by atoms with Crippen molar-refractivity contribution in [1.29, 1.82) is 0 Å². The van der Waals surface area contributed by atoms with Crippen molar-refractivity contribution >= 4 is 22.6 Å². The van der Waals surface area contributed by atoms with Gasteiger partial charge >= 0.3 is 0 Å². The van der Waals surface area contributed by atoms with Gasteiger partial charge in [0, 0.05) is 31.6 Å². The normalized spacial score (nSPS) is 14.8. The van der Waals surface area contributed by atoms with Crippen molar-refractivity contribution in [2.75, 3.05) is 19.6 Å². The third-order valence-electron chi connectivity index (χ3n) is 4.60. The van der Waals surface area contributed by atoms with Crippen LogP contribution in [0, 0.1) is 0 Å². The molecule has 4 heteroatoms. The zero-order valence-corrected chi connectivity index (χ0v) is 14.0. The van der Waals surface area contributed by atoms with E-state index in [-0.39, 0.29) is 11.8 Å². The second-order valence-corrected chi connectivity index (χ2v) is 6.33. The van der Waals surface area contributed by atoms with Gasteiger partial charge in [-0.1, -0.05) is 36.4 Å². The van der Waals surface area contributed by atoms with Gasteiger partial charge in [-0.3, -0.25) is 9.59 Å². The molecule has 0 spiro atoms. The van der Waals surface area contributed by atoms with E-state index in [9.17, 15) is 9.59 Å². The van der Waals surface area contributed by atoms with Crippen molar-refractivity contribution in [2.45, 2.75) is 32.1 Å². The van der Waals surface area contributed by atoms with Crippen LogP contribution in [-0.4, -0.2) is 36.3 Å². The molecule has 2 aromatic rings. The van der Waals surface area contributed by atoms with E-state index in [0.29, 0.717) is 13.0 Å². The van der Waals surface area contributed by atoms with Gasteiger partial charge in [0.1, 0.15) is 0 Å². The first kappa shape index (κ1) is 16.5. The van der Waals surface area contributed by atoms with Crippen molar-refractivity contribution in [3.63, 3.8) is 0 Å². The highest BCUT2D eigenvalue weighted by Gasteiger charge is 2.17. The van der Waals surface area contributed by atoms with Crippen LogP contribution < -0.4 is 5.32 Å². The fraction of sp³-hybridized carbons (Fsp3) is 0.400. The van der Waals surface area contributed by atoms with Crippen molar-refractivity contribution in [3.8, 4) is 0 Å². The van der Waals surface area contributed by atoms with Gasteiger partial charge in [-0.15, -0.1) is 0 Å². The molecule has 1 saturated heterocycles. The maximum absolute atomic E-state index is 12.4. The number of rotatable bonds is 6. The van der Waals surface area contributed by atoms with Crippen LogP contribution in [0.25, 0.3) is 10.8 Å². The number of carbonyl (C=O) groups excluding carboxylic acids is 2. The van der Waals surface area contributed by atoms with Crippen LogP contribution >= 0.6 is 0 Å². The van der Waals surface area contributed by atoms with Crippen molar-refractivity contribution in [3.05, 3.63) is 48.0 Å². The number of benzene rings is 2. The van der Waals surface area contributed by atoms with Crippen LogP contribution in [0.3, 0.4) is 0 Å². The molecule has 1 aliphatic rings. The van der Waals surface area contributed by atoms with Crippen molar-refractivity contribution < 1.29 is 9.59 Å². The summed E-state index contributed by atoms with van der Waals surface area (Å²) in [5.41, 5.74) is 0.722. The molecule has 4 nitrogen and oxygen atoms in total. The molecule has 2 amide bonds. The quantitative estimate of drug-likeness (QED) is 0.828. The topological polar surface area (TPSA) is 49.4 Å². The molecular weight excluding hydrogens is 300 g/mol. The number of likely N-dealkylation sites (tertiary alicyclic amines) is 1. The number of carbonyl (C=O) groups is 2. The maximum Gasteiger partial charge on any atom is 0.251 e. The lowest BCUT2D eigenvalue weighted by molar-refractivity contribution is -0.133. The number of hydrogen-bond donors (Lipinski definition) is 1. The predicted octanol–water partition coefficient (Wildman–Crippen LogP) is 3.36. The Morgan fingerprint density at radius 3 is 2.75 bits per heavy atom. The second-order valence-electron chi connectivity index (χ2n) is 6.33. The number of nitrogens with zero attached hydrogens (tertiary/aromatic N) is 1. The Hall–Kier alpha value is -2.36. The fourth-order valence-corrected chi connectivity index (χ4v) is 3.25. The molecule has 0 saturated carbocycles. The van der Waals surface area contributed by atoms with E-state index in [0.717, 1.165) is 55.1 Å². The molecule has 1 fully saturated rings. The molecular formula is C20H24N2O2. The Labute approximate surface area is 142 Å². The molecule has 0 aliphatic carbocycles. The van der Waals surface area contributed by atoms with Crippen molar-refractivity contribution in [2.24, 2.45) is 0 Å². The van der Waals surface area contributed by atoms with Gasteiger partial charge < -0.3 is 10.2 Å². The largest absolute Gasteiger partial charge is 0.352 e. The minimum Gasteiger partial charge on any atom is -0.352 e. The average Bonchev–Trinajstić information content (AvgIpc) is 2.62. The summed E-state index contributed by atoms with van der Waals surface area (Å²) >= 11 is 0. The van der Waals surface area contributed by atoms with E-state index in [1.54, 1.807) is 0 Å². The Kier molecular flexibility index (Phi) is 5.47. The molecule has 126 valence electrons. The van der Waals surface area contributed by atoms with Crippen LogP contribution in [0.2, 0.25) is 0 Å². The standard InChI is InChI=1S/C20H24N2O2/c23-19-12-3-5-14-22(19)15-6-4-13-21-20(24)18-11-7-9-16-8-1-2-10-17(16)18/h1-2,7-11H,3-6,12-15H2,(H,21,24). The lowest BCUT2D eigenvalue weighted by Crippen LogP contribution is -2.36. The highest BCUT2D eigenvalue weighted by atomic mass is 16.2. The fourth-order valence-electron chi connectivity index (χ4n) is 3.25. The summed E-state index contributed by atoms with van der Waals surface area (Å²) in [7, 11) is 0. The summed E-state index contributed by atoms with van der Waals surface area (Å²) in [4.78, 5) is 26.1. The summed E-state index contributed by atoms with van der Waals surface area (Å²) < 4.78 is 0. The number of hydrogen-bond acceptors (Lipinski definition) is 2. The first-order valence-electron chi connectivity index (χ1n) is 8.79. The average molecular weight is 324 g/mol. The summed E-state index contributed by atoms with van der Waals surface area (Å²) in [6, 6.07) is 13.7. The minimum absolute atomic E-state index is 0.0270. The molecule has 1 N–H and O–H groups in total. The molecule has 0 bridgehead atoms. The lowest BCUT2D eigenvalue weighted by Gasteiger charge is -2.26. The summed E-state index contributed by atoms with van der Waals surface area (Å²) in [6.45, 7) is 2.34. The monoisotopic (exact) mass is 324 g/mol. The van der Waals surface area contributed by atoms with E-state index in [4.69, 9.17) is 0 Å². The van der Waals surface area contributed by atoms with Gasteiger partial charge in [0.15, 0.2) is 0 Å². The van der Waals surface area contributed by atoms with Gasteiger partial charge in [-0.2, -0.15) is 0 Å². The highest BCUT2D eigenvalue weighted by Crippen LogP contribution is 2.18. The molecule has 3 rings (SSSR count). The molecule has 0 unspecified atom stereocenters. The maximum atomic E-state index is 12.4. The Bertz CT molecular complexity index is 721. The smallest absolute Gasteiger partial charge is 0.251 e. The molecule has 0 aromatic heterocycles. The molecule has 1 heterocycles. The van der Waals surface area contributed by atoms with E-state index in [1.165, 1.54) is 0 Å². The van der Waals surface area contributed by atoms with Crippen LogP contribution in [0.5, 0.6) is 0 Å². The molecule has 1 aliphatic heterocycles. The number of piperidine rings is 1. The molecule has 0 radical (unpaired) electrons. The van der Waals surface area contributed by atoms with Crippen LogP contribution in [0.1, 0.15) is 42.5 Å². The Morgan fingerprint density at radius 1 is 1.04 bits per heavy atom. The Balaban J connectivity index is 1.46. The summed E-state index contributed by atoms with van der Waals surface area (Å²) in [6.07, 6.45) is 4.65. The van der Waals surface area contributed by atoms with Gasteiger partial charge in [-0.25, -0.2) is 0 Å². The third-order valence-corrected chi connectivity index (χ3v) is 4.60.